The highest BCUT2D eigenvalue weighted by atomic mass is 35.5. The molecule has 8 nitrogen and oxygen atoms in total. The number of carbonyl (C=O) groups excluding carboxylic acids is 1. The van der Waals surface area contributed by atoms with Crippen LogP contribution in [0.5, 0.6) is 0 Å². The molecule has 0 saturated heterocycles. The van der Waals surface area contributed by atoms with E-state index in [2.05, 4.69) is 9.71 Å². The van der Waals surface area contributed by atoms with Crippen molar-refractivity contribution in [1.82, 2.24) is 10.3 Å². The lowest BCUT2D eigenvalue weighted by atomic mass is 9.86. The monoisotopic (exact) mass is 619 g/mol. The Balaban J connectivity index is 1.83. The molecule has 0 bridgehead atoms. The average Bonchev–Trinajstić information content (AvgIpc) is 2.95. The van der Waals surface area contributed by atoms with Gasteiger partial charge in [-0.2, -0.15) is 26.7 Å². The van der Waals surface area contributed by atoms with Gasteiger partial charge in [-0.25, -0.2) is 5.01 Å². The van der Waals surface area contributed by atoms with Crippen LogP contribution in [0.1, 0.15) is 42.9 Å². The minimum Gasteiger partial charge on any atom is -0.368 e. The van der Waals surface area contributed by atoms with Gasteiger partial charge in [0.25, 0.3) is 10.0 Å². The van der Waals surface area contributed by atoms with Crippen LogP contribution in [0.15, 0.2) is 93.3 Å². The molecule has 2 unspecified atom stereocenters. The van der Waals surface area contributed by atoms with Gasteiger partial charge in [-0.3, -0.25) is 4.79 Å². The van der Waals surface area contributed by atoms with Gasteiger partial charge in [-0.15, -0.1) is 4.40 Å². The third-order valence-electron chi connectivity index (χ3n) is 6.72. The van der Waals surface area contributed by atoms with Gasteiger partial charge >= 0.3 is 6.18 Å². The second kappa shape index (κ2) is 12.5. The maximum atomic E-state index is 13.3. The van der Waals surface area contributed by atoms with Gasteiger partial charge in [0.15, 0.2) is 0 Å². The summed E-state index contributed by atoms with van der Waals surface area (Å²) < 4.78 is 69.8. The van der Waals surface area contributed by atoms with E-state index in [0.29, 0.717) is 29.3 Å². The Bertz CT molecular complexity index is 1580. The second-order valence-electron chi connectivity index (χ2n) is 10.0. The Morgan fingerprint density at radius 3 is 2.21 bits per heavy atom. The van der Waals surface area contributed by atoms with Crippen LogP contribution in [-0.4, -0.2) is 43.6 Å². The summed E-state index contributed by atoms with van der Waals surface area (Å²) in [6.45, 7) is 3.64. The van der Waals surface area contributed by atoms with E-state index in [-0.39, 0.29) is 24.3 Å². The molecule has 3 aromatic rings. The highest BCUT2D eigenvalue weighted by Crippen LogP contribution is 2.32. The highest BCUT2D eigenvalue weighted by Gasteiger charge is 2.33. The van der Waals surface area contributed by atoms with Gasteiger partial charge in [-0.05, 0) is 59.9 Å². The summed E-state index contributed by atoms with van der Waals surface area (Å²) in [6, 6.07) is 18.6. The first-order chi connectivity index (χ1) is 19.8. The first-order valence-corrected chi connectivity index (χ1v) is 14.8. The number of nitrogens with one attached hydrogen (secondary N) is 1. The molecule has 0 aliphatic carbocycles. The maximum Gasteiger partial charge on any atom is 0.416 e. The lowest BCUT2D eigenvalue weighted by Crippen LogP contribution is -2.53. The quantitative estimate of drug-likeness (QED) is 0.271. The third-order valence-corrected chi connectivity index (χ3v) is 8.25. The van der Waals surface area contributed by atoms with Crippen LogP contribution in [0.4, 0.5) is 13.2 Å². The number of hydrogen-bond donors (Lipinski definition) is 2. The number of nitrogens with two attached hydrogens (primary N) is 1. The number of primary amides is 1. The van der Waals surface area contributed by atoms with Crippen LogP contribution in [0.2, 0.25) is 5.02 Å². The van der Waals surface area contributed by atoms with Gasteiger partial charge in [0.1, 0.15) is 6.04 Å². The third kappa shape index (κ3) is 7.29. The van der Waals surface area contributed by atoms with Crippen molar-refractivity contribution in [1.29, 1.82) is 0 Å². The number of alkyl halides is 3. The molecule has 222 valence electrons. The molecule has 13 heteroatoms. The number of hydrogen-bond acceptors (Lipinski definition) is 4. The maximum absolute atomic E-state index is 13.3. The number of hydrazone groups is 1. The molecule has 0 aromatic heterocycles. The van der Waals surface area contributed by atoms with Crippen molar-refractivity contribution in [2.45, 2.75) is 43.3 Å². The Hall–Kier alpha value is -3.90. The molecule has 0 saturated carbocycles. The van der Waals surface area contributed by atoms with Crippen molar-refractivity contribution in [2.75, 3.05) is 6.54 Å². The zero-order chi connectivity index (χ0) is 30.7. The molecule has 2 atom stereocenters. The topological polar surface area (TPSA) is 117 Å². The summed E-state index contributed by atoms with van der Waals surface area (Å²) in [7, 11) is -4.54. The molecular weight excluding hydrogens is 591 g/mol. The normalized spacial score (nSPS) is 17.1. The van der Waals surface area contributed by atoms with Gasteiger partial charge in [0.2, 0.25) is 11.9 Å². The van der Waals surface area contributed by atoms with E-state index in [0.717, 1.165) is 23.3 Å². The number of amides is 1. The molecule has 1 heterocycles. The molecule has 3 aromatic carbocycles. The van der Waals surface area contributed by atoms with Crippen LogP contribution in [0, 0.1) is 5.92 Å². The van der Waals surface area contributed by atoms with Gasteiger partial charge in [0, 0.05) is 17.5 Å². The Labute approximate surface area is 247 Å². The van der Waals surface area contributed by atoms with Gasteiger partial charge < -0.3 is 11.1 Å². The summed E-state index contributed by atoms with van der Waals surface area (Å²) in [6.07, 6.45) is -4.14. The Kier molecular flexibility index (Phi) is 9.27. The van der Waals surface area contributed by atoms with Crippen molar-refractivity contribution in [3.8, 4) is 0 Å². The largest absolute Gasteiger partial charge is 0.416 e. The van der Waals surface area contributed by atoms with Gasteiger partial charge in [0.05, 0.1) is 16.2 Å². The number of guanidine groups is 1. The van der Waals surface area contributed by atoms with Crippen molar-refractivity contribution in [2.24, 2.45) is 21.2 Å². The fourth-order valence-corrected chi connectivity index (χ4v) is 5.60. The minimum absolute atomic E-state index is 0.159. The van der Waals surface area contributed by atoms with E-state index < -0.39 is 38.6 Å². The Morgan fingerprint density at radius 1 is 1.05 bits per heavy atom. The molecule has 0 spiro atoms. The number of sulfonamides is 1. The number of halogens is 4. The predicted octanol–water partition coefficient (Wildman–Crippen LogP) is 5.40. The van der Waals surface area contributed by atoms with E-state index in [9.17, 15) is 26.4 Å². The molecule has 1 amide bonds. The average molecular weight is 620 g/mol. The van der Waals surface area contributed by atoms with Crippen LogP contribution in [-0.2, 0) is 21.0 Å². The number of benzene rings is 3. The zero-order valence-corrected chi connectivity index (χ0v) is 24.3. The van der Waals surface area contributed by atoms with Crippen molar-refractivity contribution in [3.63, 3.8) is 0 Å². The SMILES string of the molecule is CC(C)C(NC(=NS(=O)(=O)c1ccc(C(F)(F)F)cc1)N1CCC(c2ccccc2)C(c2ccc(Cl)cc2)=N1)C(N)=O. The highest BCUT2D eigenvalue weighted by molar-refractivity contribution is 7.90. The first-order valence-electron chi connectivity index (χ1n) is 13.0. The van der Waals surface area contributed by atoms with Crippen LogP contribution in [0.25, 0.3) is 0 Å². The standard InChI is InChI=1S/C29H29ClF3N5O3S/c1-18(2)25(27(34)39)35-28(37-42(40,41)23-14-10-21(11-15-23)29(31,32)33)38-17-16-24(19-6-4-3-5-7-19)26(36-38)20-8-12-22(30)13-9-20/h3-15,18,24-25H,16-17H2,1-2H3,(H2,34,39)(H,35,37). The fraction of sp³-hybridized carbons (Fsp3) is 0.276. The van der Waals surface area contributed by atoms with Crippen LogP contribution >= 0.6 is 11.6 Å². The first kappa shape index (κ1) is 31.0. The van der Waals surface area contributed by atoms with E-state index >= 15 is 0 Å². The molecule has 0 radical (unpaired) electrons. The predicted molar refractivity (Wildman–Crippen MR) is 156 cm³/mol. The van der Waals surface area contributed by atoms with Crippen molar-refractivity contribution < 1.29 is 26.4 Å². The van der Waals surface area contributed by atoms with E-state index in [1.54, 1.807) is 38.1 Å². The smallest absolute Gasteiger partial charge is 0.368 e. The summed E-state index contributed by atoms with van der Waals surface area (Å²) in [5, 5.41) is 9.48. The molecule has 3 N–H and O–H groups in total. The van der Waals surface area contributed by atoms with Crippen molar-refractivity contribution >= 4 is 39.2 Å². The molecule has 1 aliphatic rings. The molecule has 1 aliphatic heterocycles. The number of nitrogens with zero attached hydrogens (tertiary/aromatic N) is 3. The minimum atomic E-state index is -4.64. The van der Waals surface area contributed by atoms with Crippen LogP contribution in [0.3, 0.4) is 0 Å². The lowest BCUT2D eigenvalue weighted by molar-refractivity contribution is -0.137. The number of rotatable bonds is 7. The van der Waals surface area contributed by atoms with E-state index in [1.165, 1.54) is 5.01 Å². The van der Waals surface area contributed by atoms with Gasteiger partial charge in [-0.1, -0.05) is 67.9 Å². The van der Waals surface area contributed by atoms with E-state index in [1.807, 2.05) is 30.3 Å². The summed E-state index contributed by atoms with van der Waals surface area (Å²) in [5.74, 6) is -1.55. The molecule has 42 heavy (non-hydrogen) atoms. The fourth-order valence-electron chi connectivity index (χ4n) is 4.52. The second-order valence-corrected chi connectivity index (χ2v) is 12.1. The Morgan fingerprint density at radius 2 is 1.67 bits per heavy atom. The van der Waals surface area contributed by atoms with Crippen molar-refractivity contribution in [3.05, 3.63) is 101 Å². The molecule has 4 rings (SSSR count). The molecular formula is C29H29ClF3N5O3S. The lowest BCUT2D eigenvalue weighted by Gasteiger charge is -2.33. The van der Waals surface area contributed by atoms with Crippen LogP contribution < -0.4 is 11.1 Å². The summed E-state index contributed by atoms with van der Waals surface area (Å²) in [5.41, 5.74) is 6.93. The summed E-state index contributed by atoms with van der Waals surface area (Å²) in [4.78, 5) is 11.8. The van der Waals surface area contributed by atoms with E-state index in [4.69, 9.17) is 22.4 Å². The summed E-state index contributed by atoms with van der Waals surface area (Å²) >= 11 is 6.11. The molecule has 0 fully saturated rings. The number of carbonyl (C=O) groups is 1. The zero-order valence-electron chi connectivity index (χ0n) is 22.7.